The van der Waals surface area contributed by atoms with Gasteiger partial charge in [0.25, 0.3) is 0 Å². The van der Waals surface area contributed by atoms with Crippen molar-refractivity contribution < 1.29 is 28.5 Å². The van der Waals surface area contributed by atoms with Crippen LogP contribution >= 0.6 is 17.9 Å². The first-order valence-corrected chi connectivity index (χ1v) is 16.5. The van der Waals surface area contributed by atoms with Crippen LogP contribution in [-0.4, -0.2) is 13.2 Å². The minimum Gasteiger partial charge on any atom is -0.322 e. The summed E-state index contributed by atoms with van der Waals surface area (Å²) >= 11 is 9.88. The second kappa shape index (κ2) is 26.8. The number of thiol groups is 1. The van der Waals surface area contributed by atoms with Gasteiger partial charge < -0.3 is 9.05 Å². The summed E-state index contributed by atoms with van der Waals surface area (Å²) in [6.45, 7) is 5.95. The SMILES string of the molecule is CCCCCCCCCCCCOP(=S)(S)OCCCCCCCCCCCC.[Zn]. The third-order valence-corrected chi connectivity index (χ3v) is 7.85. The van der Waals surface area contributed by atoms with Gasteiger partial charge in [-0.15, -0.1) is 0 Å². The molecule has 0 atom stereocenters. The predicted molar refractivity (Wildman–Crippen MR) is 139 cm³/mol. The van der Waals surface area contributed by atoms with Crippen LogP contribution in [0.3, 0.4) is 0 Å². The molecule has 2 nitrogen and oxygen atoms in total. The topological polar surface area (TPSA) is 18.5 Å². The molecule has 0 aromatic heterocycles. The molecule has 0 amide bonds. The minimum absolute atomic E-state index is 0. The maximum atomic E-state index is 5.76. The largest absolute Gasteiger partial charge is 0.322 e. The molecule has 0 heterocycles. The van der Waals surface area contributed by atoms with Crippen molar-refractivity contribution in [2.45, 2.75) is 142 Å². The Kier molecular flexibility index (Phi) is 30.1. The van der Waals surface area contributed by atoms with Crippen molar-refractivity contribution in [3.8, 4) is 0 Å². The van der Waals surface area contributed by atoms with Crippen LogP contribution in [0.1, 0.15) is 142 Å². The van der Waals surface area contributed by atoms with Gasteiger partial charge in [-0.1, -0.05) is 142 Å². The van der Waals surface area contributed by atoms with Crippen LogP contribution in [0.4, 0.5) is 0 Å². The van der Waals surface area contributed by atoms with E-state index in [2.05, 4.69) is 26.1 Å². The van der Waals surface area contributed by atoms with Gasteiger partial charge in [0.15, 0.2) is 0 Å². The zero-order chi connectivity index (χ0) is 21.5. The van der Waals surface area contributed by atoms with Crippen molar-refractivity contribution in [2.75, 3.05) is 13.2 Å². The zero-order valence-electron chi connectivity index (χ0n) is 20.4. The molecule has 0 radical (unpaired) electrons. The molecule has 0 bridgehead atoms. The van der Waals surface area contributed by atoms with Crippen molar-refractivity contribution in [1.29, 1.82) is 0 Å². The normalized spacial score (nSPS) is 11.6. The molecule has 0 N–H and O–H groups in total. The quantitative estimate of drug-likeness (QED) is 0.0578. The van der Waals surface area contributed by atoms with Crippen molar-refractivity contribution in [3.63, 3.8) is 0 Å². The van der Waals surface area contributed by atoms with E-state index in [1.54, 1.807) is 0 Å². The Morgan fingerprint density at radius 2 is 0.733 bits per heavy atom. The van der Waals surface area contributed by atoms with E-state index in [0.717, 1.165) is 12.8 Å². The van der Waals surface area contributed by atoms with Crippen LogP contribution in [0.5, 0.6) is 0 Å². The Hall–Kier alpha value is 1.54. The van der Waals surface area contributed by atoms with Gasteiger partial charge in [0.2, 0.25) is 5.69 Å². The molecule has 0 saturated carbocycles. The maximum Gasteiger partial charge on any atom is 0.244 e. The summed E-state index contributed by atoms with van der Waals surface area (Å²) in [5, 5.41) is 0. The Balaban J connectivity index is 0. The van der Waals surface area contributed by atoms with E-state index in [-0.39, 0.29) is 19.5 Å². The molecule has 178 valence electrons. The van der Waals surface area contributed by atoms with Crippen molar-refractivity contribution >= 4 is 29.7 Å². The summed E-state index contributed by atoms with van der Waals surface area (Å²) < 4.78 is 11.5. The van der Waals surface area contributed by atoms with Gasteiger partial charge in [-0.25, -0.2) is 0 Å². The summed E-state index contributed by atoms with van der Waals surface area (Å²) in [5.41, 5.74) is -2.32. The fourth-order valence-corrected chi connectivity index (χ4v) is 5.31. The van der Waals surface area contributed by atoms with E-state index >= 15 is 0 Å². The van der Waals surface area contributed by atoms with Gasteiger partial charge in [-0.05, 0) is 24.6 Å². The van der Waals surface area contributed by atoms with Gasteiger partial charge in [-0.3, -0.25) is 0 Å². The summed E-state index contributed by atoms with van der Waals surface area (Å²) in [7, 11) is 0. The van der Waals surface area contributed by atoms with Gasteiger partial charge >= 0.3 is 0 Å². The summed E-state index contributed by atoms with van der Waals surface area (Å²) in [6, 6.07) is 0. The molecule has 6 heteroatoms. The molecule has 0 spiro atoms. The van der Waals surface area contributed by atoms with Crippen LogP contribution < -0.4 is 0 Å². The molecule has 0 unspecified atom stereocenters. The molecular weight excluding hydrogens is 481 g/mol. The molecular formula is C24H51O2PS2Zn. The number of hydrogen-bond donors (Lipinski definition) is 1. The van der Waals surface area contributed by atoms with E-state index in [1.807, 2.05) is 0 Å². The van der Waals surface area contributed by atoms with Crippen molar-refractivity contribution in [3.05, 3.63) is 0 Å². The molecule has 0 saturated heterocycles. The second-order valence-corrected chi connectivity index (χ2v) is 13.8. The van der Waals surface area contributed by atoms with Crippen LogP contribution in [-0.2, 0) is 40.3 Å². The first kappa shape index (κ1) is 33.7. The van der Waals surface area contributed by atoms with E-state index in [4.69, 9.17) is 20.9 Å². The standard InChI is InChI=1S/C24H51O2PS2.Zn/c1-3-5-7-9-11-13-15-17-19-21-23-25-27(28,29)26-24-22-20-18-16-14-12-10-8-6-4-2;/h3-24H2,1-2H3,(H,28,29);. The van der Waals surface area contributed by atoms with Crippen LogP contribution in [0.15, 0.2) is 0 Å². The fraction of sp³-hybridized carbons (Fsp3) is 1.00. The molecule has 0 aromatic carbocycles. The minimum atomic E-state index is -2.32. The number of unbranched alkanes of at least 4 members (excludes halogenated alkanes) is 18. The molecule has 0 aliphatic heterocycles. The van der Waals surface area contributed by atoms with Gasteiger partial charge in [0.05, 0.1) is 13.2 Å². The van der Waals surface area contributed by atoms with Gasteiger partial charge in [0, 0.05) is 19.5 Å². The predicted octanol–water partition coefficient (Wildman–Crippen LogP) is 10.0. The van der Waals surface area contributed by atoms with E-state index in [0.29, 0.717) is 13.2 Å². The fourth-order valence-electron chi connectivity index (χ4n) is 3.58. The number of rotatable bonds is 24. The number of hydrogen-bond acceptors (Lipinski definition) is 3. The first-order chi connectivity index (χ1) is 14.1. The molecule has 0 aliphatic carbocycles. The summed E-state index contributed by atoms with van der Waals surface area (Å²) in [4.78, 5) is 0. The Morgan fingerprint density at radius 1 is 0.500 bits per heavy atom. The molecule has 30 heavy (non-hydrogen) atoms. The monoisotopic (exact) mass is 530 g/mol. The average molecular weight is 532 g/mol. The van der Waals surface area contributed by atoms with E-state index in [9.17, 15) is 0 Å². The Bertz CT molecular complexity index is 343. The van der Waals surface area contributed by atoms with Crippen molar-refractivity contribution in [2.24, 2.45) is 0 Å². The van der Waals surface area contributed by atoms with Gasteiger partial charge in [0.1, 0.15) is 0 Å². The third kappa shape index (κ3) is 27.6. The Labute approximate surface area is 212 Å². The molecule has 0 aliphatic rings. The third-order valence-electron chi connectivity index (χ3n) is 5.50. The average Bonchev–Trinajstić information content (AvgIpc) is 2.70. The van der Waals surface area contributed by atoms with Crippen LogP contribution in [0, 0.1) is 0 Å². The van der Waals surface area contributed by atoms with Gasteiger partial charge in [-0.2, -0.15) is 0 Å². The summed E-state index contributed by atoms with van der Waals surface area (Å²) in [5.74, 6) is 0. The summed E-state index contributed by atoms with van der Waals surface area (Å²) in [6.07, 6.45) is 26.7. The van der Waals surface area contributed by atoms with Crippen molar-refractivity contribution in [1.82, 2.24) is 0 Å². The van der Waals surface area contributed by atoms with E-state index < -0.39 is 5.69 Å². The Morgan fingerprint density at radius 3 is 1.00 bits per heavy atom. The second-order valence-electron chi connectivity index (χ2n) is 8.50. The maximum absolute atomic E-state index is 5.76. The van der Waals surface area contributed by atoms with E-state index in [1.165, 1.54) is 116 Å². The van der Waals surface area contributed by atoms with Crippen LogP contribution in [0.2, 0.25) is 0 Å². The smallest absolute Gasteiger partial charge is 0.244 e. The molecule has 0 rings (SSSR count). The zero-order valence-corrected chi connectivity index (χ0v) is 26.0. The molecule has 0 aromatic rings. The molecule has 0 fully saturated rings. The first-order valence-electron chi connectivity index (χ1n) is 12.7. The van der Waals surface area contributed by atoms with Crippen LogP contribution in [0.25, 0.3) is 0 Å².